The summed E-state index contributed by atoms with van der Waals surface area (Å²) in [4.78, 5) is 49.8. The first kappa shape index (κ1) is 28.5. The van der Waals surface area contributed by atoms with Crippen LogP contribution in [0.4, 0.5) is 9.18 Å². The average molecular weight is 504 g/mol. The van der Waals surface area contributed by atoms with E-state index in [9.17, 15) is 28.7 Å². The van der Waals surface area contributed by atoms with E-state index in [0.29, 0.717) is 17.4 Å². The van der Waals surface area contributed by atoms with Gasteiger partial charge in [-0.15, -0.1) is 0 Å². The fourth-order valence-corrected chi connectivity index (χ4v) is 3.33. The number of carbonyl (C=O) groups excluding carboxylic acids is 2. The Kier molecular flexibility index (Phi) is 9.58. The SMILES string of the molecule is CCOC[C@H]1O[C@@H](n2cc(F)c(=O)n(COC(=O)[C@@H](NC(=O)OC(C)(C)C)C(C)C)c2=O)C[C@@H]1O. The van der Waals surface area contributed by atoms with Gasteiger partial charge in [0.1, 0.15) is 24.0 Å². The number of halogens is 1. The minimum absolute atomic E-state index is 0.0374. The Labute approximate surface area is 201 Å². The fourth-order valence-electron chi connectivity index (χ4n) is 3.33. The van der Waals surface area contributed by atoms with Crippen molar-refractivity contribution >= 4 is 12.1 Å². The maximum Gasteiger partial charge on any atom is 0.408 e. The maximum absolute atomic E-state index is 14.4. The van der Waals surface area contributed by atoms with Gasteiger partial charge in [-0.1, -0.05) is 13.8 Å². The topological polar surface area (TPSA) is 147 Å². The third-order valence-electron chi connectivity index (χ3n) is 5.08. The van der Waals surface area contributed by atoms with Gasteiger partial charge in [0.25, 0.3) is 5.56 Å². The minimum Gasteiger partial charge on any atom is -0.444 e. The van der Waals surface area contributed by atoms with Crippen LogP contribution in [0.3, 0.4) is 0 Å². The molecule has 1 amide bonds. The molecule has 4 atom stereocenters. The van der Waals surface area contributed by atoms with E-state index in [1.165, 1.54) is 0 Å². The normalized spacial score (nSPS) is 21.1. The van der Waals surface area contributed by atoms with Crippen molar-refractivity contribution in [1.29, 1.82) is 0 Å². The quantitative estimate of drug-likeness (QED) is 0.469. The fraction of sp³-hybridized carbons (Fsp3) is 0.727. The zero-order chi connectivity index (χ0) is 26.5. The number of aromatic nitrogens is 2. The van der Waals surface area contributed by atoms with E-state index in [-0.39, 0.29) is 13.0 Å². The number of ether oxygens (including phenoxy) is 4. The standard InChI is InChI=1S/C22H34FN3O9/c1-7-32-10-15-14(27)8-16(34-15)25-9-13(23)18(28)26(21(25)31)11-33-19(29)17(12(2)3)24-20(30)35-22(4,5)6/h9,12,14-17,27H,7-8,10-11H2,1-6H3,(H,24,30)/t14-,15+,16+,17-/m0/s1. The number of amides is 1. The lowest BCUT2D eigenvalue weighted by atomic mass is 10.1. The minimum atomic E-state index is -1.30. The number of nitrogens with zero attached hydrogens (tertiary/aromatic N) is 2. The summed E-state index contributed by atoms with van der Waals surface area (Å²) in [6.07, 6.45) is -2.96. The van der Waals surface area contributed by atoms with Crippen LogP contribution in [0, 0.1) is 11.7 Å². The number of rotatable bonds is 9. The number of nitrogens with one attached hydrogen (secondary N) is 1. The van der Waals surface area contributed by atoms with E-state index in [4.69, 9.17) is 18.9 Å². The summed E-state index contributed by atoms with van der Waals surface area (Å²) >= 11 is 0. The molecular formula is C22H34FN3O9. The Balaban J connectivity index is 2.19. The summed E-state index contributed by atoms with van der Waals surface area (Å²) in [6.45, 7) is 9.59. The maximum atomic E-state index is 14.4. The third-order valence-corrected chi connectivity index (χ3v) is 5.08. The van der Waals surface area contributed by atoms with Crippen LogP contribution in [0.1, 0.15) is 54.2 Å². The molecule has 1 saturated heterocycles. The highest BCUT2D eigenvalue weighted by Gasteiger charge is 2.36. The van der Waals surface area contributed by atoms with Crippen LogP contribution in [0.25, 0.3) is 0 Å². The molecular weight excluding hydrogens is 469 g/mol. The van der Waals surface area contributed by atoms with E-state index in [2.05, 4.69) is 5.32 Å². The molecule has 0 radical (unpaired) electrons. The third kappa shape index (κ3) is 7.61. The average Bonchev–Trinajstić information content (AvgIpc) is 3.11. The van der Waals surface area contributed by atoms with Crippen molar-refractivity contribution in [3.05, 3.63) is 32.9 Å². The summed E-state index contributed by atoms with van der Waals surface area (Å²) < 4.78 is 36.6. The van der Waals surface area contributed by atoms with Gasteiger partial charge >= 0.3 is 17.8 Å². The summed E-state index contributed by atoms with van der Waals surface area (Å²) in [7, 11) is 0. The number of hydrogen-bond donors (Lipinski definition) is 2. The molecule has 1 aliphatic heterocycles. The second-order valence-electron chi connectivity index (χ2n) is 9.45. The van der Waals surface area contributed by atoms with Gasteiger partial charge in [0.15, 0.2) is 6.73 Å². The summed E-state index contributed by atoms with van der Waals surface area (Å²) in [5.41, 5.74) is -3.10. The molecule has 0 aromatic carbocycles. The first-order valence-electron chi connectivity index (χ1n) is 11.3. The van der Waals surface area contributed by atoms with Crippen molar-refractivity contribution in [2.24, 2.45) is 5.92 Å². The molecule has 1 fully saturated rings. The number of aliphatic hydroxyl groups excluding tert-OH is 1. The predicted molar refractivity (Wildman–Crippen MR) is 120 cm³/mol. The highest BCUT2D eigenvalue weighted by molar-refractivity contribution is 5.81. The molecule has 0 unspecified atom stereocenters. The van der Waals surface area contributed by atoms with Gasteiger partial charge in [-0.2, -0.15) is 4.39 Å². The second kappa shape index (κ2) is 11.8. The molecule has 1 aromatic heterocycles. The Morgan fingerprint density at radius 1 is 1.31 bits per heavy atom. The van der Waals surface area contributed by atoms with Crippen molar-refractivity contribution in [2.75, 3.05) is 13.2 Å². The molecule has 1 aliphatic rings. The molecule has 0 bridgehead atoms. The molecule has 0 spiro atoms. The molecule has 198 valence electrons. The van der Waals surface area contributed by atoms with Gasteiger partial charge in [-0.25, -0.2) is 19.0 Å². The number of aliphatic hydroxyl groups is 1. The van der Waals surface area contributed by atoms with Crippen molar-refractivity contribution in [3.63, 3.8) is 0 Å². The first-order valence-corrected chi connectivity index (χ1v) is 11.3. The monoisotopic (exact) mass is 503 g/mol. The zero-order valence-electron chi connectivity index (χ0n) is 20.8. The molecule has 0 saturated carbocycles. The lowest BCUT2D eigenvalue weighted by molar-refractivity contribution is -0.151. The van der Waals surface area contributed by atoms with Gasteiger partial charge in [-0.05, 0) is 33.6 Å². The van der Waals surface area contributed by atoms with Crippen LogP contribution in [0.5, 0.6) is 0 Å². The predicted octanol–water partition coefficient (Wildman–Crippen LogP) is 0.884. The second-order valence-corrected chi connectivity index (χ2v) is 9.45. The van der Waals surface area contributed by atoms with Gasteiger partial charge in [0.05, 0.1) is 18.9 Å². The molecule has 13 heteroatoms. The molecule has 12 nitrogen and oxygen atoms in total. The summed E-state index contributed by atoms with van der Waals surface area (Å²) in [5.74, 6) is -2.65. The van der Waals surface area contributed by atoms with Crippen molar-refractivity contribution in [1.82, 2.24) is 14.5 Å². The Morgan fingerprint density at radius 2 is 1.97 bits per heavy atom. The zero-order valence-corrected chi connectivity index (χ0v) is 20.8. The van der Waals surface area contributed by atoms with Crippen LogP contribution in [-0.2, 0) is 30.5 Å². The molecule has 0 aliphatic carbocycles. The Bertz CT molecular complexity index is 1010. The lowest BCUT2D eigenvalue weighted by Gasteiger charge is -2.24. The van der Waals surface area contributed by atoms with Gasteiger partial charge in [0, 0.05) is 13.0 Å². The summed E-state index contributed by atoms with van der Waals surface area (Å²) in [5, 5.41) is 12.6. The van der Waals surface area contributed by atoms with Gasteiger partial charge < -0.3 is 29.4 Å². The molecule has 2 N–H and O–H groups in total. The molecule has 2 heterocycles. The highest BCUT2D eigenvalue weighted by Crippen LogP contribution is 2.27. The number of hydrogen-bond acceptors (Lipinski definition) is 9. The van der Waals surface area contributed by atoms with Crippen LogP contribution >= 0.6 is 0 Å². The molecule has 35 heavy (non-hydrogen) atoms. The van der Waals surface area contributed by atoms with Crippen LogP contribution in [0.2, 0.25) is 0 Å². The molecule has 1 aromatic rings. The van der Waals surface area contributed by atoms with Gasteiger partial charge in [0.2, 0.25) is 5.82 Å². The van der Waals surface area contributed by atoms with E-state index >= 15 is 0 Å². The van der Waals surface area contributed by atoms with E-state index in [1.54, 1.807) is 41.5 Å². The smallest absolute Gasteiger partial charge is 0.408 e. The Morgan fingerprint density at radius 3 is 2.54 bits per heavy atom. The Hall–Kier alpha value is -2.77. The highest BCUT2D eigenvalue weighted by atomic mass is 19.1. The van der Waals surface area contributed by atoms with E-state index < -0.39 is 71.9 Å². The van der Waals surface area contributed by atoms with Crippen molar-refractivity contribution in [2.45, 2.75) is 84.8 Å². The number of alkyl carbamates (subject to hydrolysis) is 1. The van der Waals surface area contributed by atoms with Crippen LogP contribution in [0.15, 0.2) is 15.8 Å². The number of carbonyl (C=O) groups is 2. The van der Waals surface area contributed by atoms with E-state index in [1.807, 2.05) is 0 Å². The first-order chi connectivity index (χ1) is 16.2. The largest absolute Gasteiger partial charge is 0.444 e. The van der Waals surface area contributed by atoms with Crippen molar-refractivity contribution < 1.29 is 38.0 Å². The van der Waals surface area contributed by atoms with Crippen LogP contribution in [-0.4, -0.2) is 63.4 Å². The number of esters is 1. The lowest BCUT2D eigenvalue weighted by Crippen LogP contribution is -2.48. The van der Waals surface area contributed by atoms with Crippen molar-refractivity contribution in [3.8, 4) is 0 Å². The molecule has 2 rings (SSSR count). The van der Waals surface area contributed by atoms with Crippen LogP contribution < -0.4 is 16.6 Å². The van der Waals surface area contributed by atoms with Gasteiger partial charge in [-0.3, -0.25) is 9.36 Å². The summed E-state index contributed by atoms with van der Waals surface area (Å²) in [6, 6.07) is -1.15. The van der Waals surface area contributed by atoms with E-state index in [0.717, 1.165) is 4.57 Å².